The van der Waals surface area contributed by atoms with Crippen LogP contribution in [0.1, 0.15) is 24.5 Å². The van der Waals surface area contributed by atoms with Crippen molar-refractivity contribution in [2.45, 2.75) is 32.2 Å². The molecule has 0 saturated heterocycles. The Morgan fingerprint density at radius 2 is 1.88 bits per heavy atom. The maximum Gasteiger partial charge on any atom is 0.252 e. The molecule has 1 aromatic heterocycles. The zero-order valence-corrected chi connectivity index (χ0v) is 15.0. The van der Waals surface area contributed by atoms with Gasteiger partial charge < -0.3 is 10.2 Å². The highest BCUT2D eigenvalue weighted by molar-refractivity contribution is 5.67. The number of aryl methyl sites for hydroxylation is 1. The van der Waals surface area contributed by atoms with E-state index in [9.17, 15) is 0 Å². The van der Waals surface area contributed by atoms with Gasteiger partial charge >= 0.3 is 0 Å². The van der Waals surface area contributed by atoms with Crippen LogP contribution < -0.4 is 10.2 Å². The standard InChI is InChI=1S/C21H23N5/c1-16-14-18-11-5-6-12-19(18)26(16)21-24-20(15-23-25-21)22-13-7-10-17-8-3-2-4-9-17/h2-6,8-9,11-12,15-16H,7,10,13-14H2,1H3,(H,22,24,25). The number of fused-ring (bicyclic) bond motifs is 1. The van der Waals surface area contributed by atoms with Crippen LogP contribution in [0.3, 0.4) is 0 Å². The lowest BCUT2D eigenvalue weighted by atomic mass is 10.1. The second-order valence-corrected chi connectivity index (χ2v) is 6.71. The van der Waals surface area contributed by atoms with Gasteiger partial charge in [-0.1, -0.05) is 48.5 Å². The SMILES string of the molecule is CC1Cc2ccccc2N1c1nncc(NCCCc2ccccc2)n1. The number of benzene rings is 2. The van der Waals surface area contributed by atoms with Gasteiger partial charge in [-0.15, -0.1) is 5.10 Å². The van der Waals surface area contributed by atoms with Crippen molar-refractivity contribution in [3.05, 3.63) is 71.9 Å². The van der Waals surface area contributed by atoms with Crippen LogP contribution in [-0.4, -0.2) is 27.8 Å². The van der Waals surface area contributed by atoms with Crippen molar-refractivity contribution in [1.29, 1.82) is 0 Å². The van der Waals surface area contributed by atoms with Gasteiger partial charge in [0.1, 0.15) is 0 Å². The van der Waals surface area contributed by atoms with Gasteiger partial charge in [0.05, 0.1) is 6.20 Å². The maximum atomic E-state index is 4.69. The van der Waals surface area contributed by atoms with E-state index in [1.807, 2.05) is 6.07 Å². The van der Waals surface area contributed by atoms with Gasteiger partial charge in [-0.2, -0.15) is 10.1 Å². The molecule has 0 fully saturated rings. The van der Waals surface area contributed by atoms with Gasteiger partial charge in [0.25, 0.3) is 5.95 Å². The molecule has 0 aliphatic carbocycles. The number of anilines is 3. The minimum Gasteiger partial charge on any atom is -0.369 e. The molecule has 0 spiro atoms. The number of aromatic nitrogens is 3. The first-order valence-electron chi connectivity index (χ1n) is 9.16. The molecule has 132 valence electrons. The van der Waals surface area contributed by atoms with Gasteiger partial charge in [-0.25, -0.2) is 0 Å². The van der Waals surface area contributed by atoms with Crippen LogP contribution in [0, 0.1) is 0 Å². The molecule has 5 heteroatoms. The molecule has 1 unspecified atom stereocenters. The number of hydrogen-bond acceptors (Lipinski definition) is 5. The lowest BCUT2D eigenvalue weighted by molar-refractivity contribution is 0.729. The second kappa shape index (κ2) is 7.52. The van der Waals surface area contributed by atoms with Crippen molar-refractivity contribution >= 4 is 17.5 Å². The minimum atomic E-state index is 0.336. The first-order chi connectivity index (χ1) is 12.8. The zero-order chi connectivity index (χ0) is 17.8. The van der Waals surface area contributed by atoms with Crippen molar-refractivity contribution < 1.29 is 0 Å². The van der Waals surface area contributed by atoms with Gasteiger partial charge in [-0.05, 0) is 43.4 Å². The largest absolute Gasteiger partial charge is 0.369 e. The summed E-state index contributed by atoms with van der Waals surface area (Å²) in [7, 11) is 0. The molecule has 2 aromatic carbocycles. The van der Waals surface area contributed by atoms with Gasteiger partial charge in [0, 0.05) is 18.3 Å². The summed E-state index contributed by atoms with van der Waals surface area (Å²) in [6, 6.07) is 19.3. The predicted molar refractivity (Wildman–Crippen MR) is 105 cm³/mol. The summed E-state index contributed by atoms with van der Waals surface area (Å²) in [6.45, 7) is 3.06. The van der Waals surface area contributed by atoms with E-state index in [1.165, 1.54) is 16.8 Å². The molecule has 4 rings (SSSR count). The molecule has 1 aliphatic heterocycles. The highest BCUT2D eigenvalue weighted by Gasteiger charge is 2.28. The molecule has 3 aromatic rings. The summed E-state index contributed by atoms with van der Waals surface area (Å²) in [5, 5.41) is 11.8. The second-order valence-electron chi connectivity index (χ2n) is 6.71. The molecule has 2 heterocycles. The maximum absolute atomic E-state index is 4.69. The Balaban J connectivity index is 1.41. The lowest BCUT2D eigenvalue weighted by Crippen LogP contribution is -2.26. The summed E-state index contributed by atoms with van der Waals surface area (Å²) in [4.78, 5) is 6.87. The van der Waals surface area contributed by atoms with E-state index < -0.39 is 0 Å². The molecule has 0 bridgehead atoms. The zero-order valence-electron chi connectivity index (χ0n) is 15.0. The van der Waals surface area contributed by atoms with Crippen molar-refractivity contribution in [2.75, 3.05) is 16.8 Å². The first-order valence-corrected chi connectivity index (χ1v) is 9.16. The lowest BCUT2D eigenvalue weighted by Gasteiger charge is -2.22. The fourth-order valence-corrected chi connectivity index (χ4v) is 3.51. The first kappa shape index (κ1) is 16.5. The van der Waals surface area contributed by atoms with Crippen LogP contribution >= 0.6 is 0 Å². The molecule has 0 saturated carbocycles. The van der Waals surface area contributed by atoms with Crippen LogP contribution in [0.2, 0.25) is 0 Å². The summed E-state index contributed by atoms with van der Waals surface area (Å²) in [5.41, 5.74) is 3.88. The summed E-state index contributed by atoms with van der Waals surface area (Å²) < 4.78 is 0. The van der Waals surface area contributed by atoms with Crippen molar-refractivity contribution in [1.82, 2.24) is 15.2 Å². The molecule has 0 amide bonds. The Labute approximate surface area is 154 Å². The monoisotopic (exact) mass is 345 g/mol. The van der Waals surface area contributed by atoms with E-state index in [0.717, 1.165) is 31.6 Å². The fourth-order valence-electron chi connectivity index (χ4n) is 3.51. The number of rotatable bonds is 6. The fraction of sp³-hybridized carbons (Fsp3) is 0.286. The molecule has 26 heavy (non-hydrogen) atoms. The highest BCUT2D eigenvalue weighted by atomic mass is 15.4. The van der Waals surface area contributed by atoms with E-state index in [1.54, 1.807) is 6.20 Å². The third kappa shape index (κ3) is 3.52. The number of nitrogens with zero attached hydrogens (tertiary/aromatic N) is 4. The summed E-state index contributed by atoms with van der Waals surface area (Å²) >= 11 is 0. The van der Waals surface area contributed by atoms with Crippen LogP contribution in [0.25, 0.3) is 0 Å². The number of para-hydroxylation sites is 1. The summed E-state index contributed by atoms with van der Waals surface area (Å²) in [6.07, 6.45) is 4.80. The topological polar surface area (TPSA) is 53.9 Å². The van der Waals surface area contributed by atoms with Crippen molar-refractivity contribution in [3.63, 3.8) is 0 Å². The normalized spacial score (nSPS) is 15.7. The Kier molecular flexibility index (Phi) is 4.78. The molecular weight excluding hydrogens is 322 g/mol. The quantitative estimate of drug-likeness (QED) is 0.684. The smallest absolute Gasteiger partial charge is 0.252 e. The van der Waals surface area contributed by atoms with E-state index >= 15 is 0 Å². The van der Waals surface area contributed by atoms with E-state index in [-0.39, 0.29) is 0 Å². The van der Waals surface area contributed by atoms with Gasteiger partial charge in [0.15, 0.2) is 5.82 Å². The Bertz CT molecular complexity index is 865. The molecular formula is C21H23N5. The summed E-state index contributed by atoms with van der Waals surface area (Å²) in [5.74, 6) is 1.44. The third-order valence-electron chi connectivity index (χ3n) is 4.76. The van der Waals surface area contributed by atoms with E-state index in [2.05, 4.69) is 80.9 Å². The average Bonchev–Trinajstić information content (AvgIpc) is 3.02. The number of nitrogens with one attached hydrogen (secondary N) is 1. The van der Waals surface area contributed by atoms with Crippen LogP contribution in [0.5, 0.6) is 0 Å². The predicted octanol–water partition coefficient (Wildman–Crippen LogP) is 4.00. The Morgan fingerprint density at radius 3 is 2.77 bits per heavy atom. The molecule has 0 radical (unpaired) electrons. The van der Waals surface area contributed by atoms with Crippen molar-refractivity contribution in [3.8, 4) is 0 Å². The van der Waals surface area contributed by atoms with Gasteiger partial charge in [0.2, 0.25) is 0 Å². The van der Waals surface area contributed by atoms with Crippen molar-refractivity contribution in [2.24, 2.45) is 0 Å². The Hall–Kier alpha value is -2.95. The van der Waals surface area contributed by atoms with E-state index in [4.69, 9.17) is 0 Å². The Morgan fingerprint density at radius 1 is 1.08 bits per heavy atom. The van der Waals surface area contributed by atoms with E-state index in [0.29, 0.717) is 12.0 Å². The van der Waals surface area contributed by atoms with Crippen LogP contribution in [-0.2, 0) is 12.8 Å². The van der Waals surface area contributed by atoms with Crippen LogP contribution in [0.15, 0.2) is 60.8 Å². The van der Waals surface area contributed by atoms with Gasteiger partial charge in [-0.3, -0.25) is 0 Å². The minimum absolute atomic E-state index is 0.336. The third-order valence-corrected chi connectivity index (χ3v) is 4.76. The molecule has 5 nitrogen and oxygen atoms in total. The molecule has 1 aliphatic rings. The highest BCUT2D eigenvalue weighted by Crippen LogP contribution is 2.36. The molecule has 1 N–H and O–H groups in total. The average molecular weight is 345 g/mol. The molecule has 1 atom stereocenters. The number of hydrogen-bond donors (Lipinski definition) is 1. The van der Waals surface area contributed by atoms with Crippen LogP contribution in [0.4, 0.5) is 17.5 Å².